The maximum atomic E-state index is 12.4. The van der Waals surface area contributed by atoms with Gasteiger partial charge in [0.1, 0.15) is 5.75 Å². The summed E-state index contributed by atoms with van der Waals surface area (Å²) in [4.78, 5) is 21.1. The smallest absolute Gasteiger partial charge is 0.257 e. The third-order valence-corrected chi connectivity index (χ3v) is 4.71. The summed E-state index contributed by atoms with van der Waals surface area (Å²) in [6.07, 6.45) is 1.63. The summed E-state index contributed by atoms with van der Waals surface area (Å²) in [5.41, 5.74) is 5.50. The monoisotopic (exact) mass is 367 g/mol. The van der Waals surface area contributed by atoms with E-state index < -0.39 is 0 Å². The highest BCUT2D eigenvalue weighted by molar-refractivity contribution is 7.14. The topological polar surface area (TPSA) is 64.1 Å². The number of ether oxygens (including phenoxy) is 1. The van der Waals surface area contributed by atoms with Gasteiger partial charge in [0.05, 0.1) is 12.3 Å². The van der Waals surface area contributed by atoms with Gasteiger partial charge in [-0.3, -0.25) is 15.1 Å². The third-order valence-electron chi connectivity index (χ3n) is 3.96. The molecule has 0 radical (unpaired) electrons. The summed E-state index contributed by atoms with van der Waals surface area (Å²) in [5.74, 6) is 0.680. The number of carbonyl (C=O) groups is 1. The molecule has 0 saturated heterocycles. The van der Waals surface area contributed by atoms with Crippen molar-refractivity contribution in [2.75, 3.05) is 11.9 Å². The maximum Gasteiger partial charge on any atom is 0.257 e. The van der Waals surface area contributed by atoms with Gasteiger partial charge in [0.25, 0.3) is 5.91 Å². The molecule has 0 atom stereocenters. The highest BCUT2D eigenvalue weighted by Crippen LogP contribution is 2.33. The number of nitrogens with zero attached hydrogens (tertiary/aromatic N) is 2. The van der Waals surface area contributed by atoms with Crippen molar-refractivity contribution in [3.05, 3.63) is 58.2 Å². The van der Waals surface area contributed by atoms with E-state index in [1.807, 2.05) is 45.2 Å². The first kappa shape index (κ1) is 18.1. The number of aryl methyl sites for hydroxylation is 3. The van der Waals surface area contributed by atoms with Crippen molar-refractivity contribution in [1.29, 1.82) is 0 Å². The molecule has 1 aromatic carbocycles. The second-order valence-electron chi connectivity index (χ2n) is 6.04. The number of thiazole rings is 1. The molecule has 1 N–H and O–H groups in total. The van der Waals surface area contributed by atoms with Crippen LogP contribution in [0.5, 0.6) is 5.75 Å². The van der Waals surface area contributed by atoms with Gasteiger partial charge >= 0.3 is 0 Å². The Hall–Kier alpha value is -2.73. The molecule has 0 spiro atoms. The van der Waals surface area contributed by atoms with Crippen LogP contribution in [0.4, 0.5) is 5.13 Å². The molecule has 3 aromatic rings. The zero-order valence-electron chi connectivity index (χ0n) is 15.3. The fraction of sp³-hybridized carbons (Fsp3) is 0.250. The summed E-state index contributed by atoms with van der Waals surface area (Å²) in [6.45, 7) is 8.55. The Morgan fingerprint density at radius 3 is 2.58 bits per heavy atom. The van der Waals surface area contributed by atoms with Gasteiger partial charge < -0.3 is 4.74 Å². The Morgan fingerprint density at radius 2 is 1.92 bits per heavy atom. The minimum absolute atomic E-state index is 0.184. The van der Waals surface area contributed by atoms with Crippen LogP contribution in [0.2, 0.25) is 0 Å². The van der Waals surface area contributed by atoms with E-state index in [1.54, 1.807) is 18.3 Å². The number of anilines is 1. The van der Waals surface area contributed by atoms with Crippen LogP contribution in [0.1, 0.15) is 34.1 Å². The molecule has 0 fully saturated rings. The maximum absolute atomic E-state index is 12.4. The van der Waals surface area contributed by atoms with Crippen LogP contribution in [-0.2, 0) is 0 Å². The number of hydrogen-bond acceptors (Lipinski definition) is 5. The van der Waals surface area contributed by atoms with E-state index in [1.165, 1.54) is 11.3 Å². The van der Waals surface area contributed by atoms with E-state index in [9.17, 15) is 4.79 Å². The molecule has 6 heteroatoms. The largest absolute Gasteiger partial charge is 0.494 e. The van der Waals surface area contributed by atoms with E-state index in [0.29, 0.717) is 17.3 Å². The lowest BCUT2D eigenvalue weighted by molar-refractivity contribution is 0.102. The zero-order valence-corrected chi connectivity index (χ0v) is 16.1. The van der Waals surface area contributed by atoms with Crippen LogP contribution in [0.3, 0.4) is 0 Å². The van der Waals surface area contributed by atoms with Crippen LogP contribution < -0.4 is 10.1 Å². The van der Waals surface area contributed by atoms with Gasteiger partial charge in [-0.1, -0.05) is 0 Å². The van der Waals surface area contributed by atoms with Crippen molar-refractivity contribution in [1.82, 2.24) is 9.97 Å². The van der Waals surface area contributed by atoms with Crippen LogP contribution in [0.25, 0.3) is 11.3 Å². The van der Waals surface area contributed by atoms with Crippen molar-refractivity contribution in [3.63, 3.8) is 0 Å². The van der Waals surface area contributed by atoms with Crippen LogP contribution in [0, 0.1) is 20.8 Å². The summed E-state index contributed by atoms with van der Waals surface area (Å²) in [6, 6.07) is 7.48. The van der Waals surface area contributed by atoms with Gasteiger partial charge in [0, 0.05) is 28.4 Å². The second kappa shape index (κ2) is 7.66. The fourth-order valence-corrected chi connectivity index (χ4v) is 3.58. The number of pyridine rings is 1. The van der Waals surface area contributed by atoms with Gasteiger partial charge in [-0.25, -0.2) is 4.98 Å². The molecule has 0 saturated carbocycles. The third kappa shape index (κ3) is 3.91. The molecule has 3 rings (SSSR count). The lowest BCUT2D eigenvalue weighted by Gasteiger charge is -2.11. The first-order valence-corrected chi connectivity index (χ1v) is 9.30. The summed E-state index contributed by atoms with van der Waals surface area (Å²) in [5, 5.41) is 5.40. The first-order valence-electron chi connectivity index (χ1n) is 8.42. The molecule has 0 bridgehead atoms. The molecule has 2 aromatic heterocycles. The van der Waals surface area contributed by atoms with E-state index in [4.69, 9.17) is 4.74 Å². The van der Waals surface area contributed by atoms with Crippen molar-refractivity contribution >= 4 is 22.4 Å². The number of rotatable bonds is 5. The summed E-state index contributed by atoms with van der Waals surface area (Å²) in [7, 11) is 0. The van der Waals surface area contributed by atoms with E-state index in [-0.39, 0.29) is 5.91 Å². The molecule has 26 heavy (non-hydrogen) atoms. The van der Waals surface area contributed by atoms with Crippen molar-refractivity contribution in [3.8, 4) is 17.0 Å². The molecular weight excluding hydrogens is 346 g/mol. The molecule has 0 aliphatic heterocycles. The highest BCUT2D eigenvalue weighted by Gasteiger charge is 2.14. The Balaban J connectivity index is 1.83. The minimum atomic E-state index is -0.184. The predicted octanol–water partition coefficient (Wildman–Crippen LogP) is 4.78. The van der Waals surface area contributed by atoms with Crippen molar-refractivity contribution < 1.29 is 9.53 Å². The quantitative estimate of drug-likeness (QED) is 0.705. The molecule has 0 unspecified atom stereocenters. The van der Waals surface area contributed by atoms with Crippen molar-refractivity contribution in [2.24, 2.45) is 0 Å². The number of nitrogens with one attached hydrogen (secondary N) is 1. The van der Waals surface area contributed by atoms with Gasteiger partial charge in [0.2, 0.25) is 0 Å². The Labute approximate surface area is 157 Å². The average molecular weight is 367 g/mol. The Kier molecular flexibility index (Phi) is 5.32. The number of benzene rings is 1. The number of carbonyl (C=O) groups excluding carboxylic acids is 1. The van der Waals surface area contributed by atoms with Crippen LogP contribution >= 0.6 is 11.3 Å². The van der Waals surface area contributed by atoms with E-state index in [0.717, 1.165) is 33.8 Å². The number of hydrogen-bond donors (Lipinski definition) is 1. The van der Waals surface area contributed by atoms with Gasteiger partial charge in [-0.15, -0.1) is 11.3 Å². The second-order valence-corrected chi connectivity index (χ2v) is 6.90. The molecule has 5 nitrogen and oxygen atoms in total. The molecule has 0 aliphatic rings. The number of aromatic nitrogens is 2. The SMILES string of the molecule is CCOc1cc(C)c(-c2csc(NC(=O)c3ccnc(C)c3)n2)c(C)c1. The lowest BCUT2D eigenvalue weighted by atomic mass is 10.0. The average Bonchev–Trinajstić information content (AvgIpc) is 3.02. The van der Waals surface area contributed by atoms with Crippen LogP contribution in [-0.4, -0.2) is 22.5 Å². The minimum Gasteiger partial charge on any atom is -0.494 e. The van der Waals surface area contributed by atoms with E-state index in [2.05, 4.69) is 15.3 Å². The summed E-state index contributed by atoms with van der Waals surface area (Å²) >= 11 is 1.41. The Morgan fingerprint density at radius 1 is 1.19 bits per heavy atom. The molecular formula is C20H21N3O2S. The van der Waals surface area contributed by atoms with Crippen molar-refractivity contribution in [2.45, 2.75) is 27.7 Å². The fourth-order valence-electron chi connectivity index (χ4n) is 2.88. The molecule has 134 valence electrons. The molecule has 2 heterocycles. The standard InChI is InChI=1S/C20H21N3O2S/c1-5-25-16-8-12(2)18(13(3)9-16)17-11-26-20(22-17)23-19(24)15-6-7-21-14(4)10-15/h6-11H,5H2,1-4H3,(H,22,23,24). The predicted molar refractivity (Wildman–Crippen MR) is 105 cm³/mol. The first-order chi connectivity index (χ1) is 12.5. The molecule has 0 aliphatic carbocycles. The zero-order chi connectivity index (χ0) is 18.7. The van der Waals surface area contributed by atoms with E-state index >= 15 is 0 Å². The summed E-state index contributed by atoms with van der Waals surface area (Å²) < 4.78 is 5.59. The van der Waals surface area contributed by atoms with Gasteiger partial charge in [-0.05, 0) is 63.1 Å². The normalized spacial score (nSPS) is 10.6. The van der Waals surface area contributed by atoms with Crippen LogP contribution in [0.15, 0.2) is 35.8 Å². The molecule has 1 amide bonds. The van der Waals surface area contributed by atoms with Gasteiger partial charge in [0.15, 0.2) is 5.13 Å². The Bertz CT molecular complexity index is 927. The highest BCUT2D eigenvalue weighted by atomic mass is 32.1. The van der Waals surface area contributed by atoms with Gasteiger partial charge in [-0.2, -0.15) is 0 Å². The lowest BCUT2D eigenvalue weighted by Crippen LogP contribution is -2.12. The number of amides is 1.